The summed E-state index contributed by atoms with van der Waals surface area (Å²) in [5.74, 6) is -2.36. The minimum Gasteiger partial charge on any atom is -0.457 e. The molecule has 0 aliphatic carbocycles. The summed E-state index contributed by atoms with van der Waals surface area (Å²) in [6.45, 7) is 7.02. The van der Waals surface area contributed by atoms with E-state index in [0.29, 0.717) is 10.3 Å². The van der Waals surface area contributed by atoms with Crippen molar-refractivity contribution in [2.45, 2.75) is 19.8 Å². The third kappa shape index (κ3) is 4.55. The van der Waals surface area contributed by atoms with Crippen LogP contribution in [0.15, 0.2) is 36.9 Å². The van der Waals surface area contributed by atoms with Gasteiger partial charge in [-0.25, -0.2) is 9.18 Å². The number of carbonyl (C=O) groups is 1. The van der Waals surface area contributed by atoms with Crippen LogP contribution in [0.5, 0.6) is 0 Å². The fourth-order valence-corrected chi connectivity index (χ4v) is 4.75. The molecule has 1 atom stereocenters. The van der Waals surface area contributed by atoms with Gasteiger partial charge in [-0.05, 0) is 43.0 Å². The highest BCUT2D eigenvalue weighted by atomic mass is 32.1. The van der Waals surface area contributed by atoms with Gasteiger partial charge < -0.3 is 13.8 Å². The molecule has 1 unspecified atom stereocenters. The van der Waals surface area contributed by atoms with E-state index in [9.17, 15) is 13.8 Å². The molecule has 0 spiro atoms. The summed E-state index contributed by atoms with van der Waals surface area (Å²) in [7, 11) is -3.90. The van der Waals surface area contributed by atoms with E-state index in [4.69, 9.17) is 13.8 Å². The fraction of sp³-hybridized carbons (Fsp3) is 0.353. The minimum absolute atomic E-state index is 0.0810. The number of fused-ring (bicyclic) bond motifs is 1. The number of alkyl halides is 1. The Balaban J connectivity index is 2.32. The van der Waals surface area contributed by atoms with E-state index in [-0.39, 0.29) is 25.4 Å². The van der Waals surface area contributed by atoms with Crippen LogP contribution in [0.1, 0.15) is 35.0 Å². The second-order valence-corrected chi connectivity index (χ2v) is 8.14. The second-order valence-electron chi connectivity index (χ2n) is 5.01. The van der Waals surface area contributed by atoms with Crippen LogP contribution in [-0.2, 0) is 18.3 Å². The van der Waals surface area contributed by atoms with Crippen molar-refractivity contribution < 1.29 is 27.5 Å². The predicted molar refractivity (Wildman–Crippen MR) is 97.0 cm³/mol. The molecule has 136 valence electrons. The molecule has 0 amide bonds. The van der Waals surface area contributed by atoms with Crippen LogP contribution < -0.4 is 0 Å². The highest BCUT2D eigenvalue weighted by molar-refractivity contribution is 7.54. The van der Waals surface area contributed by atoms with Gasteiger partial charge in [-0.3, -0.25) is 4.57 Å². The highest BCUT2D eigenvalue weighted by Gasteiger charge is 2.37. The molecule has 1 aromatic heterocycles. The first-order valence-corrected chi connectivity index (χ1v) is 10.2. The van der Waals surface area contributed by atoms with Crippen molar-refractivity contribution in [2.24, 2.45) is 0 Å². The van der Waals surface area contributed by atoms with E-state index >= 15 is 0 Å². The van der Waals surface area contributed by atoms with Crippen LogP contribution >= 0.6 is 18.9 Å². The molecular weight excluding hydrogens is 366 g/mol. The molecule has 0 aliphatic heterocycles. The van der Waals surface area contributed by atoms with Gasteiger partial charge in [-0.1, -0.05) is 18.7 Å². The molecule has 0 bridgehead atoms. The summed E-state index contributed by atoms with van der Waals surface area (Å²) in [6.07, 6.45) is 1.48. The van der Waals surface area contributed by atoms with E-state index < -0.39 is 19.5 Å². The van der Waals surface area contributed by atoms with Gasteiger partial charge in [-0.15, -0.1) is 11.3 Å². The molecule has 0 N–H and O–H groups in total. The van der Waals surface area contributed by atoms with Crippen molar-refractivity contribution in [1.82, 2.24) is 0 Å². The molecule has 0 radical (unpaired) electrons. The van der Waals surface area contributed by atoms with Crippen LogP contribution in [0, 0.1) is 0 Å². The standard InChI is InChI=1S/C17H20FO5PS/c1-4-9-21-17(19)15-11-13-10-12(7-8-14(13)25-15)16(18)24(20,22-5-2)23-6-3/h4,7-8,10-11,16H,1,5-6,9H2,2-3H3. The third-order valence-corrected chi connectivity index (χ3v) is 6.43. The molecular formula is C17H20FO5PS. The Bertz CT molecular complexity index is 793. The summed E-state index contributed by atoms with van der Waals surface area (Å²) >= 11 is 1.24. The van der Waals surface area contributed by atoms with Crippen LogP contribution in [0.3, 0.4) is 0 Å². The summed E-state index contributed by atoms with van der Waals surface area (Å²) < 4.78 is 43.3. The van der Waals surface area contributed by atoms with E-state index in [2.05, 4.69) is 6.58 Å². The van der Waals surface area contributed by atoms with Gasteiger partial charge in [0.05, 0.1) is 13.2 Å². The van der Waals surface area contributed by atoms with Crippen LogP contribution in [-0.4, -0.2) is 25.8 Å². The summed E-state index contributed by atoms with van der Waals surface area (Å²) in [6, 6.07) is 6.36. The molecule has 5 nitrogen and oxygen atoms in total. The van der Waals surface area contributed by atoms with Gasteiger partial charge in [0.15, 0.2) is 0 Å². The Kier molecular flexibility index (Phi) is 6.90. The molecule has 0 fully saturated rings. The Morgan fingerprint density at radius 1 is 1.32 bits per heavy atom. The van der Waals surface area contributed by atoms with Gasteiger partial charge in [0.1, 0.15) is 11.5 Å². The number of benzene rings is 1. The van der Waals surface area contributed by atoms with Crippen molar-refractivity contribution in [3.8, 4) is 0 Å². The highest BCUT2D eigenvalue weighted by Crippen LogP contribution is 2.61. The Morgan fingerprint density at radius 3 is 2.60 bits per heavy atom. The van der Waals surface area contributed by atoms with Crippen LogP contribution in [0.4, 0.5) is 4.39 Å². The second kappa shape index (κ2) is 8.72. The SMILES string of the molecule is C=CCOC(=O)c1cc2cc(C(F)P(=O)(OCC)OCC)ccc2s1. The lowest BCUT2D eigenvalue weighted by molar-refractivity contribution is 0.0555. The molecule has 8 heteroatoms. The van der Waals surface area contributed by atoms with Crippen molar-refractivity contribution in [3.63, 3.8) is 0 Å². The molecule has 1 aromatic carbocycles. The maximum atomic E-state index is 14.8. The average Bonchev–Trinajstić information content (AvgIpc) is 3.02. The summed E-state index contributed by atoms with van der Waals surface area (Å²) in [4.78, 5) is 12.3. The topological polar surface area (TPSA) is 61.8 Å². The number of esters is 1. The zero-order valence-electron chi connectivity index (χ0n) is 14.1. The van der Waals surface area contributed by atoms with E-state index in [1.54, 1.807) is 32.0 Å². The largest absolute Gasteiger partial charge is 0.457 e. The first kappa shape index (κ1) is 19.8. The van der Waals surface area contributed by atoms with Gasteiger partial charge in [0.2, 0.25) is 5.91 Å². The summed E-state index contributed by atoms with van der Waals surface area (Å²) in [5, 5.41) is 0.662. The number of hydrogen-bond acceptors (Lipinski definition) is 6. The Morgan fingerprint density at radius 2 is 2.00 bits per heavy atom. The van der Waals surface area contributed by atoms with Crippen molar-refractivity contribution in [2.75, 3.05) is 19.8 Å². The fourth-order valence-electron chi connectivity index (χ4n) is 2.23. The number of thiophene rings is 1. The third-order valence-electron chi connectivity index (χ3n) is 3.24. The van der Waals surface area contributed by atoms with Crippen LogP contribution in [0.2, 0.25) is 0 Å². The zero-order valence-corrected chi connectivity index (χ0v) is 15.8. The van der Waals surface area contributed by atoms with Gasteiger partial charge in [-0.2, -0.15) is 0 Å². The van der Waals surface area contributed by atoms with E-state index in [1.165, 1.54) is 23.5 Å². The Labute approximate surface area is 149 Å². The minimum atomic E-state index is -3.90. The number of ether oxygens (including phenoxy) is 1. The van der Waals surface area contributed by atoms with E-state index in [0.717, 1.165) is 4.70 Å². The number of halogens is 1. The smallest absolute Gasteiger partial charge is 0.369 e. The molecule has 2 aromatic rings. The number of hydrogen-bond donors (Lipinski definition) is 0. The van der Waals surface area contributed by atoms with Gasteiger partial charge >= 0.3 is 13.6 Å². The number of rotatable bonds is 9. The lowest BCUT2D eigenvalue weighted by Crippen LogP contribution is -2.02. The molecule has 0 aliphatic rings. The first-order valence-electron chi connectivity index (χ1n) is 7.79. The zero-order chi connectivity index (χ0) is 18.4. The molecule has 0 saturated carbocycles. The maximum absolute atomic E-state index is 14.8. The lowest BCUT2D eigenvalue weighted by Gasteiger charge is -2.20. The molecule has 0 saturated heterocycles. The monoisotopic (exact) mass is 386 g/mol. The molecule has 2 rings (SSSR count). The molecule has 1 heterocycles. The normalized spacial score (nSPS) is 12.9. The maximum Gasteiger partial charge on any atom is 0.369 e. The summed E-state index contributed by atoms with van der Waals surface area (Å²) in [5.41, 5.74) is 0.182. The van der Waals surface area contributed by atoms with Crippen molar-refractivity contribution in [3.05, 3.63) is 47.4 Å². The van der Waals surface area contributed by atoms with Crippen LogP contribution in [0.25, 0.3) is 10.1 Å². The average molecular weight is 386 g/mol. The number of carbonyl (C=O) groups excluding carboxylic acids is 1. The lowest BCUT2D eigenvalue weighted by atomic mass is 10.2. The first-order chi connectivity index (χ1) is 11.9. The van der Waals surface area contributed by atoms with Crippen molar-refractivity contribution in [1.29, 1.82) is 0 Å². The predicted octanol–water partition coefficient (Wildman–Crippen LogP) is 5.48. The van der Waals surface area contributed by atoms with Crippen molar-refractivity contribution >= 4 is 35.0 Å². The van der Waals surface area contributed by atoms with Gasteiger partial charge in [0.25, 0.3) is 0 Å². The Hall–Kier alpha value is -1.53. The quantitative estimate of drug-likeness (QED) is 0.324. The molecule has 25 heavy (non-hydrogen) atoms. The van der Waals surface area contributed by atoms with E-state index in [1.807, 2.05) is 0 Å². The van der Waals surface area contributed by atoms with Gasteiger partial charge in [0, 0.05) is 4.70 Å².